The number of halogens is 1. The SMILES string of the molecule is C=CCCC(=O)N[C@H](C)[C@@H](OC(=O)[C@@H]1[C@@H]2CC[C@]3(O2)[C@H](C(=O)N(CC=C)c2ccccc2Cl)N(CCCCCO)C(=O)[C@@H]13)c1ccccc1. The van der Waals surface area contributed by atoms with Gasteiger partial charge in [-0.05, 0) is 63.1 Å². The number of carbonyl (C=O) groups excluding carboxylic acids is 4. The Bertz CT molecular complexity index is 1540. The van der Waals surface area contributed by atoms with Gasteiger partial charge in [-0.2, -0.15) is 0 Å². The number of para-hydroxylation sites is 1. The first-order chi connectivity index (χ1) is 23.7. The van der Waals surface area contributed by atoms with Gasteiger partial charge in [-0.25, -0.2) is 0 Å². The van der Waals surface area contributed by atoms with Gasteiger partial charge in [0.25, 0.3) is 5.91 Å². The number of nitrogens with zero attached hydrogens (tertiary/aromatic N) is 2. The molecule has 3 saturated heterocycles. The predicted molar refractivity (Wildman–Crippen MR) is 187 cm³/mol. The Kier molecular flexibility index (Phi) is 12.0. The van der Waals surface area contributed by atoms with Gasteiger partial charge < -0.3 is 29.7 Å². The van der Waals surface area contributed by atoms with Crippen molar-refractivity contribution >= 4 is 41.0 Å². The maximum atomic E-state index is 14.7. The van der Waals surface area contributed by atoms with E-state index in [0.29, 0.717) is 54.8 Å². The number of anilines is 1. The lowest BCUT2D eigenvalue weighted by Gasteiger charge is -2.37. The highest BCUT2D eigenvalue weighted by molar-refractivity contribution is 6.34. The van der Waals surface area contributed by atoms with Gasteiger partial charge in [-0.15, -0.1) is 13.2 Å². The van der Waals surface area contributed by atoms with E-state index in [0.717, 1.165) is 0 Å². The van der Waals surface area contributed by atoms with Crippen molar-refractivity contribution in [3.63, 3.8) is 0 Å². The van der Waals surface area contributed by atoms with E-state index in [1.165, 1.54) is 4.90 Å². The lowest BCUT2D eigenvalue weighted by Crippen LogP contribution is -2.56. The summed E-state index contributed by atoms with van der Waals surface area (Å²) in [5.74, 6) is -3.37. The van der Waals surface area contributed by atoms with E-state index in [2.05, 4.69) is 18.5 Å². The molecule has 2 aromatic carbocycles. The Labute approximate surface area is 293 Å². The van der Waals surface area contributed by atoms with Gasteiger partial charge in [-0.3, -0.25) is 19.2 Å². The van der Waals surface area contributed by atoms with E-state index < -0.39 is 47.7 Å². The number of esters is 1. The summed E-state index contributed by atoms with van der Waals surface area (Å²) in [5, 5.41) is 12.7. The van der Waals surface area contributed by atoms with Crippen molar-refractivity contribution in [2.75, 3.05) is 24.6 Å². The van der Waals surface area contributed by atoms with Gasteiger partial charge in [0.15, 0.2) is 0 Å². The minimum absolute atomic E-state index is 0.0247. The number of hydrogen-bond acceptors (Lipinski definition) is 7. The first-order valence-electron chi connectivity index (χ1n) is 17.1. The van der Waals surface area contributed by atoms with Crippen LogP contribution < -0.4 is 10.2 Å². The lowest BCUT2D eigenvalue weighted by atomic mass is 9.70. The standard InChI is InChI=1S/C38H46ClN3O7/c1-4-6-19-30(44)40-25(3)33(26-15-9-7-10-16-26)48-37(47)31-29-20-21-38(49-29)32(31)35(45)42(23-13-8-14-24-43)34(38)36(46)41(22-5-2)28-18-12-11-17-27(28)39/h4-5,7,9-12,15-18,25,29,31-34,43H,1-2,6,8,13-14,19-24H2,3H3,(H,40,44)/t25-,29+,31-,32-,33-,34+,38-/m1/s1. The Morgan fingerprint density at radius 3 is 2.55 bits per heavy atom. The van der Waals surface area contributed by atoms with E-state index in [4.69, 9.17) is 21.1 Å². The average Bonchev–Trinajstić information content (AvgIpc) is 3.74. The summed E-state index contributed by atoms with van der Waals surface area (Å²) in [6.07, 6.45) is 5.27. The highest BCUT2D eigenvalue weighted by atomic mass is 35.5. The van der Waals surface area contributed by atoms with Gasteiger partial charge in [0.1, 0.15) is 17.7 Å². The molecule has 0 radical (unpaired) electrons. The monoisotopic (exact) mass is 691 g/mol. The van der Waals surface area contributed by atoms with Crippen molar-refractivity contribution in [1.82, 2.24) is 10.2 Å². The molecule has 2 N–H and O–H groups in total. The number of aliphatic hydroxyl groups excluding tert-OH is 1. The van der Waals surface area contributed by atoms with Crippen molar-refractivity contribution in [1.29, 1.82) is 0 Å². The Balaban J connectivity index is 1.47. The summed E-state index contributed by atoms with van der Waals surface area (Å²) in [6, 6.07) is 14.6. The Hall–Kier alpha value is -3.99. The van der Waals surface area contributed by atoms with Crippen LogP contribution in [0.2, 0.25) is 5.02 Å². The molecule has 0 unspecified atom stereocenters. The number of amides is 3. The minimum atomic E-state index is -1.24. The smallest absolute Gasteiger partial charge is 0.313 e. The Morgan fingerprint density at radius 1 is 1.12 bits per heavy atom. The maximum Gasteiger partial charge on any atom is 0.313 e. The van der Waals surface area contributed by atoms with Gasteiger partial charge in [0.05, 0.1) is 34.7 Å². The molecule has 0 saturated carbocycles. The van der Waals surface area contributed by atoms with Crippen molar-refractivity contribution in [3.05, 3.63) is 90.5 Å². The molecule has 0 aromatic heterocycles. The molecule has 3 fully saturated rings. The number of unbranched alkanes of at least 4 members (excludes halogenated alkanes) is 2. The predicted octanol–water partition coefficient (Wildman–Crippen LogP) is 5.15. The number of ether oxygens (including phenoxy) is 2. The zero-order chi connectivity index (χ0) is 35.1. The third-order valence-corrected chi connectivity index (χ3v) is 10.2. The van der Waals surface area contributed by atoms with E-state index >= 15 is 0 Å². The van der Waals surface area contributed by atoms with Crippen LogP contribution in [0.15, 0.2) is 79.9 Å². The lowest BCUT2D eigenvalue weighted by molar-refractivity contribution is -0.162. The number of allylic oxidation sites excluding steroid dienone is 1. The van der Waals surface area contributed by atoms with E-state index in [-0.39, 0.29) is 43.8 Å². The molecule has 3 amide bonds. The molecule has 2 aromatic rings. The first-order valence-corrected chi connectivity index (χ1v) is 17.5. The number of benzene rings is 2. The van der Waals surface area contributed by atoms with Crippen LogP contribution in [0.5, 0.6) is 0 Å². The topological polar surface area (TPSA) is 125 Å². The van der Waals surface area contributed by atoms with Crippen molar-refractivity contribution < 1.29 is 33.8 Å². The van der Waals surface area contributed by atoms with E-state index in [1.807, 2.05) is 30.3 Å². The molecule has 0 aliphatic carbocycles. The quantitative estimate of drug-likeness (QED) is 0.134. The summed E-state index contributed by atoms with van der Waals surface area (Å²) in [6.45, 7) is 9.74. The molecule has 5 rings (SSSR count). The molecule has 49 heavy (non-hydrogen) atoms. The number of carbonyl (C=O) groups is 4. The highest BCUT2D eigenvalue weighted by Crippen LogP contribution is 2.59. The molecule has 3 aliphatic heterocycles. The summed E-state index contributed by atoms with van der Waals surface area (Å²) in [5.41, 5.74) is -0.0605. The molecule has 10 nitrogen and oxygen atoms in total. The fourth-order valence-electron chi connectivity index (χ4n) is 7.71. The molecule has 262 valence electrons. The van der Waals surface area contributed by atoms with Crippen LogP contribution in [0.25, 0.3) is 0 Å². The summed E-state index contributed by atoms with van der Waals surface area (Å²) in [7, 11) is 0. The fourth-order valence-corrected chi connectivity index (χ4v) is 7.94. The Morgan fingerprint density at radius 2 is 1.86 bits per heavy atom. The van der Waals surface area contributed by atoms with Crippen LogP contribution in [-0.4, -0.2) is 77.2 Å². The second-order valence-corrected chi connectivity index (χ2v) is 13.4. The number of likely N-dealkylation sites (tertiary alicyclic amines) is 1. The molecular formula is C38H46ClN3O7. The summed E-state index contributed by atoms with van der Waals surface area (Å²) in [4.78, 5) is 59.2. The minimum Gasteiger partial charge on any atom is -0.455 e. The highest BCUT2D eigenvalue weighted by Gasteiger charge is 2.75. The summed E-state index contributed by atoms with van der Waals surface area (Å²) < 4.78 is 12.9. The van der Waals surface area contributed by atoms with Gasteiger partial charge in [0.2, 0.25) is 11.8 Å². The van der Waals surface area contributed by atoms with Gasteiger partial charge >= 0.3 is 5.97 Å². The van der Waals surface area contributed by atoms with Crippen LogP contribution in [0.4, 0.5) is 5.69 Å². The number of hydrogen-bond donors (Lipinski definition) is 2. The molecular weight excluding hydrogens is 646 g/mol. The van der Waals surface area contributed by atoms with Crippen LogP contribution >= 0.6 is 11.6 Å². The zero-order valence-corrected chi connectivity index (χ0v) is 28.7. The van der Waals surface area contributed by atoms with Crippen LogP contribution in [0.3, 0.4) is 0 Å². The van der Waals surface area contributed by atoms with Gasteiger partial charge in [0, 0.05) is 26.1 Å². The second kappa shape index (κ2) is 16.1. The molecule has 11 heteroatoms. The molecule has 2 bridgehead atoms. The van der Waals surface area contributed by atoms with Crippen molar-refractivity contribution in [2.24, 2.45) is 11.8 Å². The zero-order valence-electron chi connectivity index (χ0n) is 28.0. The number of nitrogens with one attached hydrogen (secondary N) is 1. The summed E-state index contributed by atoms with van der Waals surface area (Å²) >= 11 is 6.57. The van der Waals surface area contributed by atoms with Crippen molar-refractivity contribution in [3.8, 4) is 0 Å². The molecule has 7 atom stereocenters. The van der Waals surface area contributed by atoms with E-state index in [9.17, 15) is 24.3 Å². The normalized spacial score (nSPS) is 25.0. The second-order valence-electron chi connectivity index (χ2n) is 13.0. The molecule has 1 spiro atoms. The molecule has 3 heterocycles. The van der Waals surface area contributed by atoms with Gasteiger partial charge in [-0.1, -0.05) is 66.2 Å². The molecule has 3 aliphatic rings. The third kappa shape index (κ3) is 7.32. The largest absolute Gasteiger partial charge is 0.455 e. The van der Waals surface area contributed by atoms with Crippen molar-refractivity contribution in [2.45, 2.75) is 81.8 Å². The van der Waals surface area contributed by atoms with Crippen LogP contribution in [0.1, 0.15) is 63.5 Å². The first kappa shape index (κ1) is 36.3. The van der Waals surface area contributed by atoms with Crippen LogP contribution in [-0.2, 0) is 28.7 Å². The number of fused-ring (bicyclic) bond motifs is 1. The van der Waals surface area contributed by atoms with E-state index in [1.54, 1.807) is 48.2 Å². The number of rotatable bonds is 17. The maximum absolute atomic E-state index is 14.7. The number of aliphatic hydroxyl groups is 1. The fraction of sp³-hybridized carbons (Fsp3) is 0.474. The third-order valence-electron chi connectivity index (χ3n) is 9.87. The average molecular weight is 692 g/mol. The van der Waals surface area contributed by atoms with Crippen LogP contribution in [0, 0.1) is 11.8 Å².